The number of aliphatic hydroxyl groups excluding tert-OH is 1. The van der Waals surface area contributed by atoms with Crippen molar-refractivity contribution < 1.29 is 29.4 Å². The van der Waals surface area contributed by atoms with Crippen molar-refractivity contribution >= 4 is 51.6 Å². The number of hydrogen-bond donors (Lipinski definition) is 3. The Morgan fingerprint density at radius 1 is 0.837 bits per heavy atom. The van der Waals surface area contributed by atoms with E-state index >= 15 is 0 Å². The Morgan fingerprint density at radius 3 is 1.98 bits per heavy atom. The molecule has 0 aliphatic heterocycles. The van der Waals surface area contributed by atoms with Gasteiger partial charge in [0, 0.05) is 26.7 Å². The number of allylic oxidation sites excluding steroid dienone is 2. The number of ketones is 2. The molecule has 1 fully saturated rings. The predicted molar refractivity (Wildman–Crippen MR) is 175 cm³/mol. The number of halogens is 1. The minimum absolute atomic E-state index is 0.200. The highest BCUT2D eigenvalue weighted by molar-refractivity contribution is 14.1. The Balaban J connectivity index is 1.59. The topological polar surface area (TPSA) is 121 Å². The molecule has 1 unspecified atom stereocenters. The van der Waals surface area contributed by atoms with Gasteiger partial charge in [-0.2, -0.15) is 0 Å². The summed E-state index contributed by atoms with van der Waals surface area (Å²) in [6, 6.07) is 21.3. The number of benzene rings is 3. The van der Waals surface area contributed by atoms with Gasteiger partial charge in [0.15, 0.2) is 17.7 Å². The molecule has 0 heterocycles. The Hall–Kier alpha value is -3.63. The molecular weight excluding hydrogens is 657 g/mol. The minimum atomic E-state index is -1.72. The third kappa shape index (κ3) is 8.48. The highest BCUT2D eigenvalue weighted by Gasteiger charge is 2.20. The van der Waals surface area contributed by atoms with Gasteiger partial charge in [0.25, 0.3) is 5.91 Å². The fourth-order valence-corrected chi connectivity index (χ4v) is 5.75. The van der Waals surface area contributed by atoms with Gasteiger partial charge in [-0.1, -0.05) is 109 Å². The standard InChI is InChI=1S/C35H36INO6/c1-22(20-36)23-7-11-26(12-8-23)30(19-31(38)27-13-9-25(10-14-27)24-5-3-2-4-6-24)33(40)28-15-17-29(18-16-28)34(41)37-21-32(39)35(42)43/h7-19,22,24,32,39H,2-6,20-21H2,1H3,(H,37,41)(H,42,43)/b30-19-/t22?,32-/m1/s1. The van der Waals surface area contributed by atoms with Gasteiger partial charge in [0.1, 0.15) is 0 Å². The van der Waals surface area contributed by atoms with Crippen molar-refractivity contribution in [2.45, 2.75) is 57.0 Å². The summed E-state index contributed by atoms with van der Waals surface area (Å²) in [4.78, 5) is 50.4. The number of hydrogen-bond acceptors (Lipinski definition) is 5. The molecule has 224 valence electrons. The fourth-order valence-electron chi connectivity index (χ4n) is 5.24. The highest BCUT2D eigenvalue weighted by atomic mass is 127. The van der Waals surface area contributed by atoms with Crippen LogP contribution in [-0.2, 0) is 4.79 Å². The van der Waals surface area contributed by atoms with E-state index < -0.39 is 24.5 Å². The maximum absolute atomic E-state index is 13.8. The smallest absolute Gasteiger partial charge is 0.334 e. The summed E-state index contributed by atoms with van der Waals surface area (Å²) < 4.78 is 0.948. The predicted octanol–water partition coefficient (Wildman–Crippen LogP) is 6.60. The molecule has 2 atom stereocenters. The molecular formula is C35H36INO6. The van der Waals surface area contributed by atoms with E-state index in [2.05, 4.69) is 34.8 Å². The molecule has 4 rings (SSSR count). The molecule has 1 aliphatic rings. The Bertz CT molecular complexity index is 1470. The van der Waals surface area contributed by atoms with E-state index in [4.69, 9.17) is 5.11 Å². The average Bonchev–Trinajstić information content (AvgIpc) is 3.05. The van der Waals surface area contributed by atoms with Crippen molar-refractivity contribution in [3.63, 3.8) is 0 Å². The summed E-state index contributed by atoms with van der Waals surface area (Å²) in [6.07, 6.45) is 5.75. The van der Waals surface area contributed by atoms with Crippen LogP contribution in [-0.4, -0.2) is 50.7 Å². The number of aliphatic carboxylic acids is 1. The van der Waals surface area contributed by atoms with Crippen LogP contribution in [0.5, 0.6) is 0 Å². The van der Waals surface area contributed by atoms with Gasteiger partial charge in [-0.25, -0.2) is 4.79 Å². The van der Waals surface area contributed by atoms with E-state index in [1.165, 1.54) is 68.0 Å². The van der Waals surface area contributed by atoms with Crippen LogP contribution in [0.15, 0.2) is 78.9 Å². The Kier molecular flexibility index (Phi) is 11.4. The summed E-state index contributed by atoms with van der Waals surface area (Å²) in [6.45, 7) is 1.68. The number of amides is 1. The molecule has 3 N–H and O–H groups in total. The number of alkyl halides is 1. The Labute approximate surface area is 265 Å². The maximum atomic E-state index is 13.8. The molecule has 7 nitrogen and oxygen atoms in total. The van der Waals surface area contributed by atoms with Crippen LogP contribution in [0, 0.1) is 0 Å². The molecule has 0 aromatic heterocycles. The number of nitrogens with one attached hydrogen (secondary N) is 1. The number of aliphatic hydroxyl groups is 1. The van der Waals surface area contributed by atoms with Crippen molar-refractivity contribution in [1.82, 2.24) is 5.32 Å². The largest absolute Gasteiger partial charge is 0.479 e. The number of carbonyl (C=O) groups is 4. The summed E-state index contributed by atoms with van der Waals surface area (Å²) in [7, 11) is 0. The molecule has 8 heteroatoms. The second kappa shape index (κ2) is 15.2. The lowest BCUT2D eigenvalue weighted by molar-refractivity contribution is -0.146. The van der Waals surface area contributed by atoms with Crippen molar-refractivity contribution in [3.05, 3.63) is 112 Å². The van der Waals surface area contributed by atoms with Gasteiger partial charge < -0.3 is 15.5 Å². The molecule has 1 aliphatic carbocycles. The number of Topliss-reactive ketones (excluding diaryl/α,β-unsaturated/α-hetero) is 1. The van der Waals surface area contributed by atoms with E-state index in [0.29, 0.717) is 28.5 Å². The van der Waals surface area contributed by atoms with Gasteiger partial charge in [-0.05, 0) is 59.6 Å². The zero-order valence-corrected chi connectivity index (χ0v) is 26.3. The van der Waals surface area contributed by atoms with Crippen LogP contribution in [0.4, 0.5) is 0 Å². The SMILES string of the molecule is CC(CI)c1ccc(/C(=C/C(=O)c2ccc(C3CCCCC3)cc2)C(=O)c2ccc(C(=O)NC[C@@H](O)C(=O)O)cc2)cc1. The van der Waals surface area contributed by atoms with E-state index in [1.807, 2.05) is 48.5 Å². The number of carboxylic acid groups (broad SMARTS) is 1. The van der Waals surface area contributed by atoms with E-state index in [0.717, 1.165) is 9.99 Å². The first-order chi connectivity index (χ1) is 20.7. The van der Waals surface area contributed by atoms with Crippen LogP contribution in [0.3, 0.4) is 0 Å². The molecule has 1 saturated carbocycles. The number of carbonyl (C=O) groups excluding carboxylic acids is 3. The summed E-state index contributed by atoms with van der Waals surface area (Å²) in [5, 5.41) is 20.6. The first-order valence-electron chi connectivity index (χ1n) is 14.5. The van der Waals surface area contributed by atoms with Crippen molar-refractivity contribution in [1.29, 1.82) is 0 Å². The minimum Gasteiger partial charge on any atom is -0.479 e. The second-order valence-corrected chi connectivity index (χ2v) is 11.9. The van der Waals surface area contributed by atoms with Crippen molar-refractivity contribution in [3.8, 4) is 0 Å². The fraction of sp³-hybridized carbons (Fsp3) is 0.314. The zero-order valence-electron chi connectivity index (χ0n) is 24.1. The van der Waals surface area contributed by atoms with Crippen LogP contribution in [0.1, 0.15) is 98.6 Å². The van der Waals surface area contributed by atoms with Crippen LogP contribution < -0.4 is 5.32 Å². The number of carboxylic acids is 1. The third-order valence-electron chi connectivity index (χ3n) is 7.96. The third-order valence-corrected chi connectivity index (χ3v) is 9.29. The summed E-state index contributed by atoms with van der Waals surface area (Å²) >= 11 is 2.34. The van der Waals surface area contributed by atoms with Crippen LogP contribution in [0.2, 0.25) is 0 Å². The normalized spacial score (nSPS) is 15.4. The lowest BCUT2D eigenvalue weighted by Crippen LogP contribution is -2.36. The molecule has 3 aromatic rings. The molecule has 1 amide bonds. The summed E-state index contributed by atoms with van der Waals surface area (Å²) in [5.74, 6) is -1.78. The van der Waals surface area contributed by atoms with Crippen molar-refractivity contribution in [2.24, 2.45) is 0 Å². The van der Waals surface area contributed by atoms with E-state index in [-0.39, 0.29) is 22.7 Å². The van der Waals surface area contributed by atoms with E-state index in [1.54, 1.807) is 0 Å². The molecule has 3 aromatic carbocycles. The maximum Gasteiger partial charge on any atom is 0.334 e. The first kappa shape index (κ1) is 32.3. The molecule has 0 spiro atoms. The molecule has 0 bridgehead atoms. The van der Waals surface area contributed by atoms with Gasteiger partial charge in [-0.15, -0.1) is 0 Å². The average molecular weight is 694 g/mol. The van der Waals surface area contributed by atoms with E-state index in [9.17, 15) is 24.3 Å². The molecule has 0 saturated heterocycles. The van der Waals surface area contributed by atoms with Gasteiger partial charge >= 0.3 is 5.97 Å². The number of rotatable bonds is 12. The second-order valence-electron chi connectivity index (χ2n) is 11.0. The van der Waals surface area contributed by atoms with Crippen LogP contribution in [0.25, 0.3) is 5.57 Å². The Morgan fingerprint density at radius 2 is 1.40 bits per heavy atom. The van der Waals surface area contributed by atoms with Gasteiger partial charge in [0.05, 0.1) is 6.54 Å². The lowest BCUT2D eigenvalue weighted by atomic mass is 9.84. The molecule has 0 radical (unpaired) electrons. The summed E-state index contributed by atoms with van der Waals surface area (Å²) in [5.41, 5.74) is 4.25. The first-order valence-corrected chi connectivity index (χ1v) is 16.1. The lowest BCUT2D eigenvalue weighted by Gasteiger charge is -2.22. The van der Waals surface area contributed by atoms with Gasteiger partial charge in [-0.3, -0.25) is 14.4 Å². The van der Waals surface area contributed by atoms with Crippen molar-refractivity contribution in [2.75, 3.05) is 11.0 Å². The van der Waals surface area contributed by atoms with Crippen LogP contribution >= 0.6 is 22.6 Å². The van der Waals surface area contributed by atoms with Gasteiger partial charge in [0.2, 0.25) is 0 Å². The highest BCUT2D eigenvalue weighted by Crippen LogP contribution is 2.33. The molecule has 43 heavy (non-hydrogen) atoms. The monoisotopic (exact) mass is 693 g/mol. The zero-order chi connectivity index (χ0) is 30.9. The quantitative estimate of drug-likeness (QED) is 0.0852.